The molecular formula is C17H20NPSe. The maximum atomic E-state index is 5.60. The normalized spacial score (nSPS) is 11.8. The molecule has 20 heavy (non-hydrogen) atoms. The fourth-order valence-corrected chi connectivity index (χ4v) is 5.22. The van der Waals surface area contributed by atoms with Crippen LogP contribution in [0.5, 0.6) is 0 Å². The summed E-state index contributed by atoms with van der Waals surface area (Å²) in [5, 5.41) is 0. The van der Waals surface area contributed by atoms with Gasteiger partial charge in [-0.1, -0.05) is 0 Å². The van der Waals surface area contributed by atoms with E-state index >= 15 is 0 Å². The zero-order chi connectivity index (χ0) is 14.2. The molecule has 2 aromatic rings. The molecule has 0 heterocycles. The third-order valence-corrected chi connectivity index (χ3v) is 6.53. The molecule has 0 saturated carbocycles. The number of benzene rings is 2. The van der Waals surface area contributed by atoms with Crippen molar-refractivity contribution in [1.82, 2.24) is 0 Å². The van der Waals surface area contributed by atoms with Crippen LogP contribution < -0.4 is 5.73 Å². The van der Waals surface area contributed by atoms with Gasteiger partial charge < -0.3 is 0 Å². The number of rotatable bonds is 6. The van der Waals surface area contributed by atoms with E-state index in [0.29, 0.717) is 5.92 Å². The molecule has 0 radical (unpaired) electrons. The zero-order valence-electron chi connectivity index (χ0n) is 11.5. The molecule has 0 spiro atoms. The minimum atomic E-state index is -0.203. The molecule has 1 atom stereocenters. The summed E-state index contributed by atoms with van der Waals surface area (Å²) in [5.74, 6) is 2.61. The number of hydrogen-bond acceptors (Lipinski definition) is 1. The maximum absolute atomic E-state index is 5.60. The molecule has 2 N–H and O–H groups in total. The predicted octanol–water partition coefficient (Wildman–Crippen LogP) is 3.53. The number of hydrogen-bond donors (Lipinski definition) is 1. The van der Waals surface area contributed by atoms with Crippen molar-refractivity contribution in [2.75, 3.05) is 12.7 Å². The van der Waals surface area contributed by atoms with Gasteiger partial charge in [-0.15, -0.1) is 0 Å². The van der Waals surface area contributed by atoms with Crippen LogP contribution in [0.1, 0.15) is 23.5 Å². The first-order chi connectivity index (χ1) is 9.81. The number of nitrogens with two attached hydrogens (primary N) is 1. The molecular weight excluding hydrogens is 328 g/mol. The van der Waals surface area contributed by atoms with E-state index in [1.807, 2.05) is 0 Å². The Morgan fingerprint density at radius 1 is 0.950 bits per heavy atom. The average molecular weight is 348 g/mol. The molecule has 0 aliphatic rings. The first-order valence-corrected chi connectivity index (χ1v) is 10.7. The van der Waals surface area contributed by atoms with E-state index in [9.17, 15) is 0 Å². The fourth-order valence-electron chi connectivity index (χ4n) is 2.25. The van der Waals surface area contributed by atoms with Crippen LogP contribution in [0.3, 0.4) is 0 Å². The van der Waals surface area contributed by atoms with Gasteiger partial charge in [0.15, 0.2) is 0 Å². The fraction of sp³-hybridized carbons (Fsp3) is 0.235. The molecule has 1 unspecified atom stereocenters. The summed E-state index contributed by atoms with van der Waals surface area (Å²) in [6.45, 7) is 0.738. The summed E-state index contributed by atoms with van der Waals surface area (Å²) in [6.07, 6.45) is 2.14. The molecule has 0 fully saturated rings. The van der Waals surface area contributed by atoms with E-state index in [2.05, 4.69) is 81.6 Å². The van der Waals surface area contributed by atoms with Gasteiger partial charge >= 0.3 is 129 Å². The van der Waals surface area contributed by atoms with Gasteiger partial charge in [-0.3, -0.25) is 0 Å². The molecule has 0 amide bonds. The Hall–Kier alpha value is -0.911. The van der Waals surface area contributed by atoms with Gasteiger partial charge in [0.05, 0.1) is 0 Å². The Labute approximate surface area is 129 Å². The van der Waals surface area contributed by atoms with Crippen molar-refractivity contribution in [3.05, 3.63) is 71.8 Å². The van der Waals surface area contributed by atoms with Crippen LogP contribution in [0.4, 0.5) is 0 Å². The quantitative estimate of drug-likeness (QED) is 0.627. The Balaban J connectivity index is 2.29. The van der Waals surface area contributed by atoms with E-state index in [0.717, 1.165) is 19.1 Å². The van der Waals surface area contributed by atoms with Crippen LogP contribution in [0.25, 0.3) is 0 Å². The summed E-state index contributed by atoms with van der Waals surface area (Å²) in [5.41, 5.74) is 8.38. The summed E-state index contributed by atoms with van der Waals surface area (Å²) in [7, 11) is 0. The van der Waals surface area contributed by atoms with E-state index < -0.39 is 0 Å². The molecule has 0 aliphatic heterocycles. The molecule has 2 rings (SSSR count). The molecule has 3 heteroatoms. The predicted molar refractivity (Wildman–Crippen MR) is 92.0 cm³/mol. The van der Waals surface area contributed by atoms with Crippen LogP contribution in [-0.2, 0) is 0 Å². The molecule has 0 aromatic heterocycles. The molecule has 0 saturated heterocycles. The van der Waals surface area contributed by atoms with E-state index in [4.69, 9.17) is 5.73 Å². The van der Waals surface area contributed by atoms with Crippen molar-refractivity contribution in [3.8, 4) is 0 Å². The molecule has 2 aromatic carbocycles. The first-order valence-electron chi connectivity index (χ1n) is 6.88. The van der Waals surface area contributed by atoms with Crippen molar-refractivity contribution >= 4 is 26.7 Å². The van der Waals surface area contributed by atoms with Gasteiger partial charge in [-0.2, -0.15) is 0 Å². The topological polar surface area (TPSA) is 26.0 Å². The van der Waals surface area contributed by atoms with Gasteiger partial charge in [0.2, 0.25) is 0 Å². The first kappa shape index (κ1) is 15.5. The van der Waals surface area contributed by atoms with Crippen LogP contribution in [0, 0.1) is 0 Å². The van der Waals surface area contributed by atoms with Crippen LogP contribution >= 0.6 is 5.79 Å². The SMILES string of the molecule is NCCC=P(=[Se])CC(c1ccccc1)c1ccccc1. The van der Waals surface area contributed by atoms with Gasteiger partial charge in [-0.05, 0) is 0 Å². The van der Waals surface area contributed by atoms with Gasteiger partial charge in [0.1, 0.15) is 0 Å². The minimum absolute atomic E-state index is 0.203. The standard InChI is InChI=1S/C17H20NPSe/c18-12-7-13-19(20)14-17(15-8-3-1-4-9-15)16-10-5-2-6-11-16/h1-6,8-11,13,17H,7,12,14,18H2. The van der Waals surface area contributed by atoms with E-state index in [-0.39, 0.29) is 5.79 Å². The summed E-state index contributed by atoms with van der Waals surface area (Å²) in [4.78, 5) is 0. The monoisotopic (exact) mass is 349 g/mol. The Kier molecular flexibility index (Phi) is 6.50. The van der Waals surface area contributed by atoms with Gasteiger partial charge in [-0.25, -0.2) is 0 Å². The van der Waals surface area contributed by atoms with Crippen molar-refractivity contribution in [1.29, 1.82) is 0 Å². The van der Waals surface area contributed by atoms with Crippen molar-refractivity contribution in [2.45, 2.75) is 12.3 Å². The third-order valence-electron chi connectivity index (χ3n) is 3.27. The van der Waals surface area contributed by atoms with Crippen molar-refractivity contribution in [2.24, 2.45) is 5.73 Å². The molecule has 1 nitrogen and oxygen atoms in total. The Morgan fingerprint density at radius 3 is 1.90 bits per heavy atom. The second-order valence-corrected chi connectivity index (χ2v) is 9.25. The Bertz CT molecular complexity index is 549. The molecule has 104 valence electrons. The van der Waals surface area contributed by atoms with E-state index in [1.54, 1.807) is 0 Å². The van der Waals surface area contributed by atoms with E-state index in [1.165, 1.54) is 11.1 Å². The van der Waals surface area contributed by atoms with Crippen LogP contribution in [0.15, 0.2) is 60.7 Å². The van der Waals surface area contributed by atoms with Gasteiger partial charge in [0, 0.05) is 0 Å². The second kappa shape index (κ2) is 8.39. The second-order valence-electron chi connectivity index (χ2n) is 4.73. The summed E-state index contributed by atoms with van der Waals surface area (Å²) < 4.78 is 0. The molecule has 0 bridgehead atoms. The summed E-state index contributed by atoms with van der Waals surface area (Å²) >= 11 is 3.34. The third kappa shape index (κ3) is 4.58. The van der Waals surface area contributed by atoms with Crippen molar-refractivity contribution < 1.29 is 0 Å². The average Bonchev–Trinajstić information content (AvgIpc) is 2.52. The summed E-state index contributed by atoms with van der Waals surface area (Å²) in [6, 6.07) is 21.5. The molecule has 0 aliphatic carbocycles. The Morgan fingerprint density at radius 2 is 1.45 bits per heavy atom. The zero-order valence-corrected chi connectivity index (χ0v) is 14.1. The van der Waals surface area contributed by atoms with Gasteiger partial charge in [0.25, 0.3) is 0 Å². The van der Waals surface area contributed by atoms with Crippen molar-refractivity contribution in [3.63, 3.8) is 0 Å². The van der Waals surface area contributed by atoms with Crippen LogP contribution in [0.2, 0.25) is 0 Å². The van der Waals surface area contributed by atoms with Crippen LogP contribution in [-0.4, -0.2) is 33.6 Å².